The number of rotatable bonds is 5. The summed E-state index contributed by atoms with van der Waals surface area (Å²) in [6.07, 6.45) is 0. The molecular formula is C14H21BrFN. The average molecular weight is 302 g/mol. The standard InChI is InChI=1S/C14H21BrFN/c1-5-17-14(9(2)3)10(4)11-6-7-13(16)12(15)8-11/h6-10,14,17H,5H2,1-4H3. The van der Waals surface area contributed by atoms with Gasteiger partial charge in [0.2, 0.25) is 0 Å². The van der Waals surface area contributed by atoms with Gasteiger partial charge in [0, 0.05) is 6.04 Å². The van der Waals surface area contributed by atoms with E-state index in [-0.39, 0.29) is 5.82 Å². The number of likely N-dealkylation sites (N-methyl/N-ethyl adjacent to an activating group) is 1. The minimum Gasteiger partial charge on any atom is -0.313 e. The van der Waals surface area contributed by atoms with Crippen molar-refractivity contribution in [3.8, 4) is 0 Å². The van der Waals surface area contributed by atoms with Crippen LogP contribution in [0.2, 0.25) is 0 Å². The molecule has 1 aromatic rings. The van der Waals surface area contributed by atoms with Gasteiger partial charge >= 0.3 is 0 Å². The van der Waals surface area contributed by atoms with E-state index in [0.29, 0.717) is 22.4 Å². The summed E-state index contributed by atoms with van der Waals surface area (Å²) in [4.78, 5) is 0. The van der Waals surface area contributed by atoms with Crippen LogP contribution in [0.3, 0.4) is 0 Å². The van der Waals surface area contributed by atoms with Crippen molar-refractivity contribution in [1.29, 1.82) is 0 Å². The SMILES string of the molecule is CCNC(C(C)C)C(C)c1ccc(F)c(Br)c1. The molecule has 0 radical (unpaired) electrons. The molecule has 2 unspecified atom stereocenters. The lowest BCUT2D eigenvalue weighted by molar-refractivity contribution is 0.360. The zero-order chi connectivity index (χ0) is 13.0. The first-order valence-corrected chi connectivity index (χ1v) is 6.95. The van der Waals surface area contributed by atoms with Gasteiger partial charge in [-0.05, 0) is 52.0 Å². The maximum absolute atomic E-state index is 13.2. The fourth-order valence-corrected chi connectivity index (χ4v) is 2.62. The molecule has 0 saturated carbocycles. The Kier molecular flexibility index (Phi) is 5.60. The van der Waals surface area contributed by atoms with Gasteiger partial charge in [-0.1, -0.05) is 33.8 Å². The van der Waals surface area contributed by atoms with E-state index in [2.05, 4.69) is 48.9 Å². The first-order chi connectivity index (χ1) is 7.97. The van der Waals surface area contributed by atoms with Gasteiger partial charge < -0.3 is 5.32 Å². The maximum Gasteiger partial charge on any atom is 0.137 e. The van der Waals surface area contributed by atoms with Crippen LogP contribution in [-0.4, -0.2) is 12.6 Å². The zero-order valence-electron chi connectivity index (χ0n) is 10.9. The third kappa shape index (κ3) is 3.78. The van der Waals surface area contributed by atoms with E-state index < -0.39 is 0 Å². The number of hydrogen-bond acceptors (Lipinski definition) is 1. The van der Waals surface area contributed by atoms with Gasteiger partial charge in [-0.3, -0.25) is 0 Å². The minimum absolute atomic E-state index is 0.203. The lowest BCUT2D eigenvalue weighted by Gasteiger charge is -2.28. The van der Waals surface area contributed by atoms with Crippen LogP contribution >= 0.6 is 15.9 Å². The van der Waals surface area contributed by atoms with E-state index in [1.165, 1.54) is 6.07 Å². The van der Waals surface area contributed by atoms with Crippen molar-refractivity contribution >= 4 is 15.9 Å². The first kappa shape index (κ1) is 14.7. The fourth-order valence-electron chi connectivity index (χ4n) is 2.23. The molecule has 96 valence electrons. The lowest BCUT2D eigenvalue weighted by atomic mass is 9.86. The summed E-state index contributed by atoms with van der Waals surface area (Å²) in [7, 11) is 0. The van der Waals surface area contributed by atoms with E-state index in [9.17, 15) is 4.39 Å². The molecule has 17 heavy (non-hydrogen) atoms. The van der Waals surface area contributed by atoms with Crippen LogP contribution in [0.1, 0.15) is 39.2 Å². The topological polar surface area (TPSA) is 12.0 Å². The van der Waals surface area contributed by atoms with Gasteiger partial charge in [-0.2, -0.15) is 0 Å². The second-order valence-electron chi connectivity index (χ2n) is 4.79. The second-order valence-corrected chi connectivity index (χ2v) is 5.64. The Morgan fingerprint density at radius 2 is 1.94 bits per heavy atom. The van der Waals surface area contributed by atoms with Crippen molar-refractivity contribution in [1.82, 2.24) is 5.32 Å². The van der Waals surface area contributed by atoms with Crippen molar-refractivity contribution in [3.63, 3.8) is 0 Å². The van der Waals surface area contributed by atoms with Crippen molar-refractivity contribution in [3.05, 3.63) is 34.1 Å². The van der Waals surface area contributed by atoms with Gasteiger partial charge in [-0.15, -0.1) is 0 Å². The highest BCUT2D eigenvalue weighted by atomic mass is 79.9. The minimum atomic E-state index is -0.203. The van der Waals surface area contributed by atoms with Gasteiger partial charge in [0.1, 0.15) is 5.82 Å². The Bertz CT molecular complexity index is 365. The molecule has 0 saturated heterocycles. The van der Waals surface area contributed by atoms with Crippen LogP contribution in [0.5, 0.6) is 0 Å². The van der Waals surface area contributed by atoms with Crippen LogP contribution < -0.4 is 5.32 Å². The highest BCUT2D eigenvalue weighted by molar-refractivity contribution is 9.10. The van der Waals surface area contributed by atoms with Gasteiger partial charge in [0.25, 0.3) is 0 Å². The maximum atomic E-state index is 13.2. The number of hydrogen-bond donors (Lipinski definition) is 1. The highest BCUT2D eigenvalue weighted by Gasteiger charge is 2.21. The molecule has 2 atom stereocenters. The molecular weight excluding hydrogens is 281 g/mol. The molecule has 0 aromatic heterocycles. The highest BCUT2D eigenvalue weighted by Crippen LogP contribution is 2.27. The molecule has 0 aliphatic heterocycles. The normalized spacial score (nSPS) is 15.0. The smallest absolute Gasteiger partial charge is 0.137 e. The predicted octanol–water partition coefficient (Wildman–Crippen LogP) is 4.33. The Morgan fingerprint density at radius 3 is 2.41 bits per heavy atom. The van der Waals surface area contributed by atoms with Crippen molar-refractivity contribution in [2.24, 2.45) is 5.92 Å². The number of halogens is 2. The monoisotopic (exact) mass is 301 g/mol. The Balaban J connectivity index is 2.92. The Labute approximate surface area is 112 Å². The second kappa shape index (κ2) is 6.50. The zero-order valence-corrected chi connectivity index (χ0v) is 12.5. The van der Waals surface area contributed by atoms with E-state index >= 15 is 0 Å². The number of nitrogens with one attached hydrogen (secondary N) is 1. The predicted molar refractivity (Wildman–Crippen MR) is 74.8 cm³/mol. The molecule has 0 fully saturated rings. The molecule has 1 rings (SSSR count). The molecule has 0 bridgehead atoms. The third-order valence-electron chi connectivity index (χ3n) is 3.17. The summed E-state index contributed by atoms with van der Waals surface area (Å²) in [6.45, 7) is 9.68. The van der Waals surface area contributed by atoms with Crippen molar-refractivity contribution in [2.75, 3.05) is 6.54 Å². The number of benzene rings is 1. The summed E-state index contributed by atoms with van der Waals surface area (Å²) >= 11 is 3.24. The quantitative estimate of drug-likeness (QED) is 0.854. The van der Waals surface area contributed by atoms with Gasteiger partial charge in [0.15, 0.2) is 0 Å². The molecule has 0 heterocycles. The van der Waals surface area contributed by atoms with Crippen LogP contribution in [0.25, 0.3) is 0 Å². The summed E-state index contributed by atoms with van der Waals surface area (Å²) in [6, 6.07) is 5.70. The van der Waals surface area contributed by atoms with Crippen molar-refractivity contribution < 1.29 is 4.39 Å². The fraction of sp³-hybridized carbons (Fsp3) is 0.571. The molecule has 0 aliphatic rings. The molecule has 0 spiro atoms. The van der Waals surface area contributed by atoms with Crippen LogP contribution in [0.15, 0.2) is 22.7 Å². The Hall–Kier alpha value is -0.410. The van der Waals surface area contributed by atoms with Gasteiger partial charge in [-0.25, -0.2) is 4.39 Å². The summed E-state index contributed by atoms with van der Waals surface area (Å²) in [5.74, 6) is 0.714. The van der Waals surface area contributed by atoms with E-state index in [1.54, 1.807) is 0 Å². The van der Waals surface area contributed by atoms with Crippen LogP contribution in [-0.2, 0) is 0 Å². The van der Waals surface area contributed by atoms with E-state index in [0.717, 1.165) is 12.1 Å². The summed E-state index contributed by atoms with van der Waals surface area (Å²) in [5, 5.41) is 3.51. The summed E-state index contributed by atoms with van der Waals surface area (Å²) < 4.78 is 13.7. The largest absolute Gasteiger partial charge is 0.313 e. The molecule has 0 amide bonds. The van der Waals surface area contributed by atoms with Crippen LogP contribution in [0, 0.1) is 11.7 Å². The molecule has 1 N–H and O–H groups in total. The van der Waals surface area contributed by atoms with E-state index in [4.69, 9.17) is 0 Å². The molecule has 1 aromatic carbocycles. The summed E-state index contributed by atoms with van der Waals surface area (Å²) in [5.41, 5.74) is 1.16. The van der Waals surface area contributed by atoms with E-state index in [1.807, 2.05) is 12.1 Å². The lowest BCUT2D eigenvalue weighted by Crippen LogP contribution is -2.38. The van der Waals surface area contributed by atoms with Crippen LogP contribution in [0.4, 0.5) is 4.39 Å². The van der Waals surface area contributed by atoms with Gasteiger partial charge in [0.05, 0.1) is 4.47 Å². The molecule has 0 aliphatic carbocycles. The first-order valence-electron chi connectivity index (χ1n) is 6.15. The molecule has 1 nitrogen and oxygen atoms in total. The van der Waals surface area contributed by atoms with Crippen molar-refractivity contribution in [2.45, 2.75) is 39.7 Å². The molecule has 3 heteroatoms. The average Bonchev–Trinajstić information content (AvgIpc) is 2.28. The third-order valence-corrected chi connectivity index (χ3v) is 3.77. The Morgan fingerprint density at radius 1 is 1.29 bits per heavy atom.